The lowest BCUT2D eigenvalue weighted by Crippen LogP contribution is -1.99. The minimum atomic E-state index is -0.376. The molecule has 0 amide bonds. The summed E-state index contributed by atoms with van der Waals surface area (Å²) in [6.07, 6.45) is 0. The summed E-state index contributed by atoms with van der Waals surface area (Å²) in [5.41, 5.74) is 0.414. The van der Waals surface area contributed by atoms with Gasteiger partial charge in [-0.15, -0.1) is 11.3 Å². The zero-order valence-electron chi connectivity index (χ0n) is 11.0. The van der Waals surface area contributed by atoms with Crippen LogP contribution in [-0.4, -0.2) is 12.9 Å². The molecule has 0 unspecified atom stereocenters. The molecule has 0 atom stereocenters. The number of ketones is 1. The van der Waals surface area contributed by atoms with Crippen molar-refractivity contribution in [2.24, 2.45) is 0 Å². The molecule has 21 heavy (non-hydrogen) atoms. The average molecular weight is 321 g/mol. The molecule has 2 nitrogen and oxygen atoms in total. The molecule has 2 aromatic carbocycles. The van der Waals surface area contributed by atoms with Crippen molar-refractivity contribution >= 4 is 38.8 Å². The van der Waals surface area contributed by atoms with Gasteiger partial charge in [0.1, 0.15) is 11.6 Å². The predicted octanol–water partition coefficient (Wildman–Crippen LogP) is 4.93. The molecule has 0 radical (unpaired) electrons. The van der Waals surface area contributed by atoms with Gasteiger partial charge in [-0.05, 0) is 42.5 Å². The second kappa shape index (κ2) is 5.47. The van der Waals surface area contributed by atoms with Crippen LogP contribution < -0.4 is 4.74 Å². The van der Waals surface area contributed by atoms with Crippen molar-refractivity contribution in [2.45, 2.75) is 0 Å². The van der Waals surface area contributed by atoms with E-state index in [0.29, 0.717) is 21.2 Å². The molecule has 0 aliphatic carbocycles. The first-order valence-electron chi connectivity index (χ1n) is 6.16. The van der Waals surface area contributed by atoms with Gasteiger partial charge in [0.15, 0.2) is 0 Å². The van der Waals surface area contributed by atoms with Crippen molar-refractivity contribution in [1.82, 2.24) is 0 Å². The summed E-state index contributed by atoms with van der Waals surface area (Å²) >= 11 is 7.61. The Morgan fingerprint density at radius 3 is 2.57 bits per heavy atom. The first-order chi connectivity index (χ1) is 10.1. The van der Waals surface area contributed by atoms with E-state index in [-0.39, 0.29) is 11.6 Å². The maximum Gasteiger partial charge on any atom is 0.204 e. The van der Waals surface area contributed by atoms with Crippen molar-refractivity contribution in [3.8, 4) is 5.75 Å². The molecule has 5 heteroatoms. The molecule has 0 spiro atoms. The van der Waals surface area contributed by atoms with Gasteiger partial charge in [0.2, 0.25) is 5.78 Å². The number of benzene rings is 2. The number of hydrogen-bond acceptors (Lipinski definition) is 3. The van der Waals surface area contributed by atoms with Crippen LogP contribution in [0.3, 0.4) is 0 Å². The number of carbonyl (C=O) groups is 1. The number of halogens is 2. The third-order valence-electron chi connectivity index (χ3n) is 3.15. The summed E-state index contributed by atoms with van der Waals surface area (Å²) < 4.78 is 19.0. The highest BCUT2D eigenvalue weighted by molar-refractivity contribution is 7.21. The van der Waals surface area contributed by atoms with Crippen LogP contribution in [0.15, 0.2) is 42.5 Å². The lowest BCUT2D eigenvalue weighted by molar-refractivity contribution is 0.104. The Labute approximate surface area is 129 Å². The van der Waals surface area contributed by atoms with E-state index < -0.39 is 0 Å². The van der Waals surface area contributed by atoms with Crippen LogP contribution in [0.25, 0.3) is 10.1 Å². The quantitative estimate of drug-likeness (QED) is 0.639. The summed E-state index contributed by atoms with van der Waals surface area (Å²) in [6.45, 7) is 0. The molecular weight excluding hydrogens is 311 g/mol. The first-order valence-corrected chi connectivity index (χ1v) is 7.36. The number of hydrogen-bond donors (Lipinski definition) is 0. The maximum atomic E-state index is 12.9. The number of thiophene rings is 1. The first kappa shape index (κ1) is 14.0. The average Bonchev–Trinajstić information content (AvgIpc) is 2.83. The van der Waals surface area contributed by atoms with Crippen molar-refractivity contribution < 1.29 is 13.9 Å². The van der Waals surface area contributed by atoms with Gasteiger partial charge in [0.25, 0.3) is 0 Å². The number of methoxy groups -OCH3 is 1. The molecule has 0 N–H and O–H groups in total. The summed E-state index contributed by atoms with van der Waals surface area (Å²) in [4.78, 5) is 12.9. The van der Waals surface area contributed by atoms with Gasteiger partial charge in [0.05, 0.1) is 17.0 Å². The Hall–Kier alpha value is -1.91. The van der Waals surface area contributed by atoms with Gasteiger partial charge < -0.3 is 4.74 Å². The highest BCUT2D eigenvalue weighted by Gasteiger charge is 2.19. The standard InChI is InChI=1S/C16H10ClFO2S/c1-20-11-6-7-12-13(8-11)21-16(14(12)17)15(19)9-2-4-10(18)5-3-9/h2-8H,1H3. The predicted molar refractivity (Wildman–Crippen MR) is 83.2 cm³/mol. The largest absolute Gasteiger partial charge is 0.497 e. The van der Waals surface area contributed by atoms with Crippen molar-refractivity contribution in [3.05, 3.63) is 63.7 Å². The van der Waals surface area contributed by atoms with Crippen LogP contribution >= 0.6 is 22.9 Å². The van der Waals surface area contributed by atoms with Crippen LogP contribution in [-0.2, 0) is 0 Å². The fourth-order valence-corrected chi connectivity index (χ4v) is 3.56. The van der Waals surface area contributed by atoms with E-state index in [1.807, 2.05) is 12.1 Å². The van der Waals surface area contributed by atoms with Gasteiger partial charge in [-0.2, -0.15) is 0 Å². The smallest absolute Gasteiger partial charge is 0.204 e. The van der Waals surface area contributed by atoms with Gasteiger partial charge >= 0.3 is 0 Å². The lowest BCUT2D eigenvalue weighted by Gasteiger charge is -1.99. The SMILES string of the molecule is COc1ccc2c(Cl)c(C(=O)c3ccc(F)cc3)sc2c1. The topological polar surface area (TPSA) is 26.3 Å². The molecular formula is C16H10ClFO2S. The van der Waals surface area contributed by atoms with E-state index in [4.69, 9.17) is 16.3 Å². The Bertz CT molecular complexity index is 824. The summed E-state index contributed by atoms with van der Waals surface area (Å²) in [6, 6.07) is 10.9. The van der Waals surface area contributed by atoms with Crippen LogP contribution in [0, 0.1) is 5.82 Å². The van der Waals surface area contributed by atoms with Gasteiger partial charge in [-0.1, -0.05) is 11.6 Å². The van der Waals surface area contributed by atoms with Gasteiger partial charge in [0, 0.05) is 15.6 Å². The van der Waals surface area contributed by atoms with Crippen LogP contribution in [0.2, 0.25) is 5.02 Å². The molecule has 0 aliphatic heterocycles. The molecule has 106 valence electrons. The van der Waals surface area contributed by atoms with E-state index >= 15 is 0 Å². The fraction of sp³-hybridized carbons (Fsp3) is 0.0625. The summed E-state index contributed by atoms with van der Waals surface area (Å²) in [7, 11) is 1.58. The third-order valence-corrected chi connectivity index (χ3v) is 4.81. The van der Waals surface area contributed by atoms with Crippen LogP contribution in [0.5, 0.6) is 5.75 Å². The summed E-state index contributed by atoms with van der Waals surface area (Å²) in [5, 5.41) is 1.24. The van der Waals surface area contributed by atoms with E-state index in [1.165, 1.54) is 35.6 Å². The Morgan fingerprint density at radius 2 is 1.90 bits per heavy atom. The van der Waals surface area contributed by atoms with Crippen LogP contribution in [0.1, 0.15) is 15.2 Å². The summed E-state index contributed by atoms with van der Waals surface area (Å²) in [5.74, 6) is 0.125. The van der Waals surface area contributed by atoms with Crippen molar-refractivity contribution in [1.29, 1.82) is 0 Å². The van der Waals surface area contributed by atoms with E-state index in [0.717, 1.165) is 10.1 Å². The van der Waals surface area contributed by atoms with Crippen molar-refractivity contribution in [3.63, 3.8) is 0 Å². The molecule has 0 saturated heterocycles. The molecule has 0 saturated carbocycles. The van der Waals surface area contributed by atoms with E-state index in [1.54, 1.807) is 13.2 Å². The highest BCUT2D eigenvalue weighted by Crippen LogP contribution is 2.38. The maximum absolute atomic E-state index is 12.9. The van der Waals surface area contributed by atoms with Gasteiger partial charge in [-0.3, -0.25) is 4.79 Å². The molecule has 1 aromatic heterocycles. The molecule has 1 heterocycles. The number of rotatable bonds is 3. The van der Waals surface area contributed by atoms with Crippen molar-refractivity contribution in [2.75, 3.05) is 7.11 Å². The van der Waals surface area contributed by atoms with E-state index in [9.17, 15) is 9.18 Å². The molecule has 3 aromatic rings. The lowest BCUT2D eigenvalue weighted by atomic mass is 10.1. The number of ether oxygens (including phenoxy) is 1. The number of carbonyl (C=O) groups excluding carboxylic acids is 1. The Kier molecular flexibility index (Phi) is 3.66. The zero-order chi connectivity index (χ0) is 15.0. The molecule has 0 aliphatic rings. The second-order valence-electron chi connectivity index (χ2n) is 4.44. The molecule has 3 rings (SSSR count). The molecule has 0 bridgehead atoms. The Balaban J connectivity index is 2.09. The zero-order valence-corrected chi connectivity index (χ0v) is 12.6. The Morgan fingerprint density at radius 1 is 1.19 bits per heavy atom. The minimum Gasteiger partial charge on any atom is -0.497 e. The van der Waals surface area contributed by atoms with Gasteiger partial charge in [-0.25, -0.2) is 4.39 Å². The molecule has 0 fully saturated rings. The monoisotopic (exact) mass is 320 g/mol. The second-order valence-corrected chi connectivity index (χ2v) is 5.87. The van der Waals surface area contributed by atoms with Crippen LogP contribution in [0.4, 0.5) is 4.39 Å². The third kappa shape index (κ3) is 2.52. The minimum absolute atomic E-state index is 0.208. The van der Waals surface area contributed by atoms with E-state index in [2.05, 4.69) is 0 Å². The number of fused-ring (bicyclic) bond motifs is 1. The highest BCUT2D eigenvalue weighted by atomic mass is 35.5. The normalized spacial score (nSPS) is 10.8. The fourth-order valence-electron chi connectivity index (χ4n) is 2.05.